The van der Waals surface area contributed by atoms with E-state index < -0.39 is 0 Å². The van der Waals surface area contributed by atoms with Crippen LogP contribution in [0.2, 0.25) is 0 Å². The number of carbonyl (C=O) groups excluding carboxylic acids is 1. The Hall–Kier alpha value is -2.56. The molecule has 1 aromatic heterocycles. The lowest BCUT2D eigenvalue weighted by molar-refractivity contribution is 0.0743. The van der Waals surface area contributed by atoms with Gasteiger partial charge in [-0.05, 0) is 31.2 Å². The van der Waals surface area contributed by atoms with Crippen LogP contribution in [0.25, 0.3) is 0 Å². The molecule has 5 nitrogen and oxygen atoms in total. The zero-order valence-corrected chi connectivity index (χ0v) is 12.6. The molecule has 1 amide bonds. The number of rotatable bonds is 2. The van der Waals surface area contributed by atoms with Crippen LogP contribution in [0.5, 0.6) is 5.75 Å². The van der Waals surface area contributed by atoms with Crippen molar-refractivity contribution in [1.82, 2.24) is 9.88 Å². The van der Waals surface area contributed by atoms with E-state index in [0.29, 0.717) is 18.7 Å². The Morgan fingerprint density at radius 1 is 1.14 bits per heavy atom. The summed E-state index contributed by atoms with van der Waals surface area (Å²) in [5, 5.41) is 9.90. The molecule has 0 bridgehead atoms. The molecule has 0 spiro atoms. The van der Waals surface area contributed by atoms with E-state index in [9.17, 15) is 9.90 Å². The van der Waals surface area contributed by atoms with Crippen LogP contribution in [0.4, 0.5) is 5.82 Å². The number of hydrogen-bond acceptors (Lipinski definition) is 4. The van der Waals surface area contributed by atoms with Crippen LogP contribution in [0.15, 0.2) is 42.6 Å². The summed E-state index contributed by atoms with van der Waals surface area (Å²) in [4.78, 5) is 20.8. The zero-order valence-electron chi connectivity index (χ0n) is 12.6. The van der Waals surface area contributed by atoms with E-state index >= 15 is 0 Å². The average molecular weight is 297 g/mol. The Morgan fingerprint density at radius 3 is 2.59 bits per heavy atom. The van der Waals surface area contributed by atoms with Crippen LogP contribution in [0.3, 0.4) is 0 Å². The molecule has 5 heteroatoms. The summed E-state index contributed by atoms with van der Waals surface area (Å²) >= 11 is 0. The average Bonchev–Trinajstić information content (AvgIpc) is 2.57. The Labute approximate surface area is 129 Å². The number of phenolic OH excluding ortho intramolecular Hbond substituents is 1. The molecule has 1 saturated heterocycles. The van der Waals surface area contributed by atoms with Crippen molar-refractivity contribution in [3.05, 3.63) is 53.7 Å². The van der Waals surface area contributed by atoms with Crippen LogP contribution >= 0.6 is 0 Å². The second-order valence-electron chi connectivity index (χ2n) is 5.49. The van der Waals surface area contributed by atoms with E-state index in [0.717, 1.165) is 24.5 Å². The zero-order chi connectivity index (χ0) is 15.5. The first-order valence-electron chi connectivity index (χ1n) is 7.40. The first-order valence-corrected chi connectivity index (χ1v) is 7.40. The molecule has 1 N–H and O–H groups in total. The predicted molar refractivity (Wildman–Crippen MR) is 85.2 cm³/mol. The second-order valence-corrected chi connectivity index (χ2v) is 5.49. The van der Waals surface area contributed by atoms with E-state index in [-0.39, 0.29) is 11.7 Å². The van der Waals surface area contributed by atoms with Gasteiger partial charge in [-0.3, -0.25) is 4.79 Å². The number of benzene rings is 1. The van der Waals surface area contributed by atoms with Gasteiger partial charge < -0.3 is 14.9 Å². The standard InChI is InChI=1S/C17H19N3O2/c1-13-5-6-15(21)14(12-13)17(22)20-10-8-19(9-11-20)16-4-2-3-7-18-16/h2-7,12,21H,8-11H2,1H3. The van der Waals surface area contributed by atoms with Crippen LogP contribution in [-0.4, -0.2) is 47.1 Å². The van der Waals surface area contributed by atoms with Gasteiger partial charge in [-0.15, -0.1) is 0 Å². The first kappa shape index (κ1) is 14.4. The molecule has 0 radical (unpaired) electrons. The minimum absolute atomic E-state index is 0.0442. The predicted octanol–water partition coefficient (Wildman–Crippen LogP) is 2.06. The lowest BCUT2D eigenvalue weighted by Crippen LogP contribution is -2.49. The van der Waals surface area contributed by atoms with Crippen LogP contribution in [0, 0.1) is 6.92 Å². The van der Waals surface area contributed by atoms with E-state index in [1.54, 1.807) is 29.3 Å². The molecular weight excluding hydrogens is 278 g/mol. The first-order chi connectivity index (χ1) is 10.6. The van der Waals surface area contributed by atoms with Gasteiger partial charge in [-0.25, -0.2) is 4.98 Å². The van der Waals surface area contributed by atoms with Crippen LogP contribution in [-0.2, 0) is 0 Å². The normalized spacial score (nSPS) is 15.0. The number of anilines is 1. The molecule has 2 aromatic rings. The number of amides is 1. The van der Waals surface area contributed by atoms with Crippen molar-refractivity contribution in [3.8, 4) is 5.75 Å². The van der Waals surface area contributed by atoms with Gasteiger partial charge in [-0.1, -0.05) is 17.7 Å². The largest absolute Gasteiger partial charge is 0.507 e. The molecule has 22 heavy (non-hydrogen) atoms. The third kappa shape index (κ3) is 2.88. The van der Waals surface area contributed by atoms with Crippen molar-refractivity contribution in [2.75, 3.05) is 31.1 Å². The molecule has 1 aliphatic rings. The van der Waals surface area contributed by atoms with Gasteiger partial charge in [0.15, 0.2) is 0 Å². The molecule has 1 aromatic carbocycles. The van der Waals surface area contributed by atoms with Gasteiger partial charge >= 0.3 is 0 Å². The quantitative estimate of drug-likeness (QED) is 0.922. The van der Waals surface area contributed by atoms with E-state index in [1.807, 2.05) is 25.1 Å². The van der Waals surface area contributed by atoms with E-state index in [1.165, 1.54) is 0 Å². The number of aromatic nitrogens is 1. The molecule has 3 rings (SSSR count). The van der Waals surface area contributed by atoms with Gasteiger partial charge in [-0.2, -0.15) is 0 Å². The fraction of sp³-hybridized carbons (Fsp3) is 0.294. The number of aryl methyl sites for hydroxylation is 1. The minimum atomic E-state index is -0.109. The van der Waals surface area contributed by atoms with E-state index in [2.05, 4.69) is 9.88 Å². The Morgan fingerprint density at radius 2 is 1.91 bits per heavy atom. The van der Waals surface area contributed by atoms with Crippen molar-refractivity contribution in [3.63, 3.8) is 0 Å². The summed E-state index contributed by atoms with van der Waals surface area (Å²) in [5.74, 6) is 0.873. The number of piperazine rings is 1. The lowest BCUT2D eigenvalue weighted by atomic mass is 10.1. The summed E-state index contributed by atoms with van der Waals surface area (Å²) in [6, 6.07) is 10.9. The molecule has 114 valence electrons. The maximum atomic E-state index is 12.5. The summed E-state index contributed by atoms with van der Waals surface area (Å²) in [5.41, 5.74) is 1.35. The summed E-state index contributed by atoms with van der Waals surface area (Å²) in [7, 11) is 0. The Balaban J connectivity index is 1.68. The second kappa shape index (κ2) is 6.05. The number of hydrogen-bond donors (Lipinski definition) is 1. The topological polar surface area (TPSA) is 56.7 Å². The monoisotopic (exact) mass is 297 g/mol. The van der Waals surface area contributed by atoms with Crippen molar-refractivity contribution in [1.29, 1.82) is 0 Å². The summed E-state index contributed by atoms with van der Waals surface area (Å²) in [6.07, 6.45) is 1.78. The van der Waals surface area contributed by atoms with Crippen molar-refractivity contribution >= 4 is 11.7 Å². The third-order valence-electron chi connectivity index (χ3n) is 3.92. The molecule has 0 atom stereocenters. The minimum Gasteiger partial charge on any atom is -0.507 e. The maximum absolute atomic E-state index is 12.5. The number of pyridine rings is 1. The van der Waals surface area contributed by atoms with Crippen molar-refractivity contribution < 1.29 is 9.90 Å². The van der Waals surface area contributed by atoms with Crippen molar-refractivity contribution in [2.24, 2.45) is 0 Å². The third-order valence-corrected chi connectivity index (χ3v) is 3.92. The van der Waals surface area contributed by atoms with Gasteiger partial charge in [0.05, 0.1) is 5.56 Å². The van der Waals surface area contributed by atoms with Crippen LogP contribution < -0.4 is 4.90 Å². The SMILES string of the molecule is Cc1ccc(O)c(C(=O)N2CCN(c3ccccn3)CC2)c1. The highest BCUT2D eigenvalue weighted by Gasteiger charge is 2.24. The fourth-order valence-electron chi connectivity index (χ4n) is 2.67. The van der Waals surface area contributed by atoms with Gasteiger partial charge in [0.1, 0.15) is 11.6 Å². The number of nitrogens with zero attached hydrogens (tertiary/aromatic N) is 3. The number of phenols is 1. The molecule has 1 fully saturated rings. The van der Waals surface area contributed by atoms with Gasteiger partial charge in [0.25, 0.3) is 5.91 Å². The molecule has 0 unspecified atom stereocenters. The lowest BCUT2D eigenvalue weighted by Gasteiger charge is -2.35. The highest BCUT2D eigenvalue weighted by atomic mass is 16.3. The summed E-state index contributed by atoms with van der Waals surface area (Å²) < 4.78 is 0. The fourth-order valence-corrected chi connectivity index (χ4v) is 2.67. The summed E-state index contributed by atoms with van der Waals surface area (Å²) in [6.45, 7) is 4.66. The van der Waals surface area contributed by atoms with Gasteiger partial charge in [0, 0.05) is 32.4 Å². The number of aromatic hydroxyl groups is 1. The highest BCUT2D eigenvalue weighted by Crippen LogP contribution is 2.21. The molecule has 2 heterocycles. The smallest absolute Gasteiger partial charge is 0.257 e. The van der Waals surface area contributed by atoms with E-state index in [4.69, 9.17) is 0 Å². The molecule has 0 aliphatic carbocycles. The number of carbonyl (C=O) groups is 1. The van der Waals surface area contributed by atoms with Crippen molar-refractivity contribution in [2.45, 2.75) is 6.92 Å². The molecular formula is C17H19N3O2. The Bertz CT molecular complexity index is 665. The van der Waals surface area contributed by atoms with Gasteiger partial charge in [0.2, 0.25) is 0 Å². The Kier molecular flexibility index (Phi) is 3.96. The maximum Gasteiger partial charge on any atom is 0.257 e. The van der Waals surface area contributed by atoms with Crippen LogP contribution in [0.1, 0.15) is 15.9 Å². The molecule has 1 aliphatic heterocycles. The molecule has 0 saturated carbocycles. The highest BCUT2D eigenvalue weighted by molar-refractivity contribution is 5.97.